The second-order valence-corrected chi connectivity index (χ2v) is 8.71. The number of carbonyl (C=O) groups excluding carboxylic acids is 2. The van der Waals surface area contributed by atoms with Gasteiger partial charge >= 0.3 is 0 Å². The van der Waals surface area contributed by atoms with Crippen LogP contribution in [0.25, 0.3) is 11.0 Å². The highest BCUT2D eigenvalue weighted by atomic mass is 32.2. The first kappa shape index (κ1) is 17.1. The summed E-state index contributed by atoms with van der Waals surface area (Å²) >= 11 is 1.86. The van der Waals surface area contributed by atoms with Crippen LogP contribution in [-0.4, -0.2) is 64.4 Å². The van der Waals surface area contributed by atoms with E-state index < -0.39 is 0 Å². The van der Waals surface area contributed by atoms with Crippen molar-refractivity contribution < 1.29 is 14.0 Å². The number of carbonyl (C=O) groups is 2. The van der Waals surface area contributed by atoms with E-state index in [0.717, 1.165) is 42.8 Å². The summed E-state index contributed by atoms with van der Waals surface area (Å²) in [5.74, 6) is 1.96. The Morgan fingerprint density at radius 3 is 2.85 bits per heavy atom. The maximum atomic E-state index is 12.6. The molecule has 7 nitrogen and oxygen atoms in total. The molecule has 3 aliphatic heterocycles. The number of rotatable bonds is 3. The van der Waals surface area contributed by atoms with Gasteiger partial charge in [0, 0.05) is 48.1 Å². The van der Waals surface area contributed by atoms with Crippen molar-refractivity contribution in [1.29, 1.82) is 0 Å². The van der Waals surface area contributed by atoms with Gasteiger partial charge in [-0.2, -0.15) is 11.8 Å². The van der Waals surface area contributed by atoms with Gasteiger partial charge in [0.2, 0.25) is 0 Å². The zero-order valence-electron chi connectivity index (χ0n) is 14.9. The summed E-state index contributed by atoms with van der Waals surface area (Å²) in [7, 11) is 0. The lowest BCUT2D eigenvalue weighted by Crippen LogP contribution is -2.43. The fraction of sp³-hybridized carbons (Fsp3) is 0.526. The van der Waals surface area contributed by atoms with E-state index in [1.54, 1.807) is 12.1 Å². The van der Waals surface area contributed by atoms with Crippen LogP contribution in [0.1, 0.15) is 40.3 Å². The van der Waals surface area contributed by atoms with Crippen molar-refractivity contribution in [3.05, 3.63) is 29.8 Å². The molecular weight excluding hydrogens is 364 g/mol. The van der Waals surface area contributed by atoms with E-state index in [0.29, 0.717) is 29.1 Å². The Kier molecular flexibility index (Phi) is 4.32. The minimum Gasteiger partial charge on any atom is -0.449 e. The lowest BCUT2D eigenvalue weighted by Gasteiger charge is -2.25. The molecule has 5 heterocycles. The van der Waals surface area contributed by atoms with Crippen LogP contribution in [0, 0.1) is 0 Å². The predicted octanol–water partition coefficient (Wildman–Crippen LogP) is 1.64. The van der Waals surface area contributed by atoms with Crippen molar-refractivity contribution in [1.82, 2.24) is 20.5 Å². The number of thioether (sulfide) groups is 1. The summed E-state index contributed by atoms with van der Waals surface area (Å²) in [6, 6.07) is 4.51. The molecule has 0 aromatic carbocycles. The topological polar surface area (TPSA) is 87.5 Å². The third-order valence-electron chi connectivity index (χ3n) is 5.76. The lowest BCUT2D eigenvalue weighted by atomic mass is 9.95. The molecule has 0 aliphatic carbocycles. The van der Waals surface area contributed by atoms with Crippen LogP contribution in [0.15, 0.2) is 22.7 Å². The molecule has 3 aliphatic rings. The van der Waals surface area contributed by atoms with Crippen LogP contribution in [0.3, 0.4) is 0 Å². The molecular formula is C19H22N4O3S. The molecule has 2 N–H and O–H groups in total. The molecule has 0 radical (unpaired) electrons. The summed E-state index contributed by atoms with van der Waals surface area (Å²) in [5.41, 5.74) is 0.891. The van der Waals surface area contributed by atoms with Gasteiger partial charge in [-0.3, -0.25) is 9.59 Å². The average Bonchev–Trinajstić information content (AvgIpc) is 3.42. The highest BCUT2D eigenvalue weighted by Crippen LogP contribution is 2.28. The van der Waals surface area contributed by atoms with Gasteiger partial charge in [-0.05, 0) is 31.4 Å². The van der Waals surface area contributed by atoms with Crippen LogP contribution in [0.4, 0.5) is 0 Å². The zero-order valence-corrected chi connectivity index (χ0v) is 15.8. The van der Waals surface area contributed by atoms with Gasteiger partial charge in [0.1, 0.15) is 5.69 Å². The molecule has 0 saturated carbocycles. The number of nitrogens with one attached hydrogen (secondary N) is 2. The van der Waals surface area contributed by atoms with Crippen molar-refractivity contribution in [3.63, 3.8) is 0 Å². The smallest absolute Gasteiger partial charge is 0.289 e. The van der Waals surface area contributed by atoms with E-state index in [-0.39, 0.29) is 17.9 Å². The third kappa shape index (κ3) is 3.21. The Bertz CT molecular complexity index is 892. The molecule has 2 aromatic heterocycles. The van der Waals surface area contributed by atoms with Crippen molar-refractivity contribution in [2.75, 3.05) is 24.6 Å². The Morgan fingerprint density at radius 1 is 1.26 bits per heavy atom. The average molecular weight is 386 g/mol. The SMILES string of the molecule is O=C(N[C@@H]1C[C@H]2CC[C@@H]1N2)c1cc2cc(C(=O)N3CCSCC3)oc2cn1. The highest BCUT2D eigenvalue weighted by molar-refractivity contribution is 7.99. The van der Waals surface area contributed by atoms with Gasteiger partial charge in [-0.25, -0.2) is 4.98 Å². The van der Waals surface area contributed by atoms with E-state index in [9.17, 15) is 9.59 Å². The van der Waals surface area contributed by atoms with E-state index >= 15 is 0 Å². The van der Waals surface area contributed by atoms with Gasteiger partial charge in [-0.1, -0.05) is 0 Å². The van der Waals surface area contributed by atoms with Gasteiger partial charge in [0.15, 0.2) is 11.3 Å². The number of amides is 2. The fourth-order valence-corrected chi connectivity index (χ4v) is 5.23. The van der Waals surface area contributed by atoms with Gasteiger partial charge < -0.3 is 20.0 Å². The van der Waals surface area contributed by atoms with Crippen molar-refractivity contribution in [2.45, 2.75) is 37.4 Å². The van der Waals surface area contributed by atoms with Gasteiger partial charge in [-0.15, -0.1) is 0 Å². The van der Waals surface area contributed by atoms with Crippen molar-refractivity contribution >= 4 is 34.5 Å². The Balaban J connectivity index is 1.32. The largest absolute Gasteiger partial charge is 0.449 e. The van der Waals surface area contributed by atoms with E-state index in [4.69, 9.17) is 4.42 Å². The zero-order chi connectivity index (χ0) is 18.4. The van der Waals surface area contributed by atoms with Crippen LogP contribution in [0.2, 0.25) is 0 Å². The molecule has 0 unspecified atom stereocenters. The molecule has 0 spiro atoms. The highest BCUT2D eigenvalue weighted by Gasteiger charge is 2.39. The molecule has 3 fully saturated rings. The van der Waals surface area contributed by atoms with Crippen molar-refractivity contribution in [2.24, 2.45) is 0 Å². The maximum Gasteiger partial charge on any atom is 0.289 e. The number of furan rings is 1. The summed E-state index contributed by atoms with van der Waals surface area (Å²) in [6.45, 7) is 1.48. The number of aromatic nitrogens is 1. The quantitative estimate of drug-likeness (QED) is 0.834. The van der Waals surface area contributed by atoms with Crippen LogP contribution >= 0.6 is 11.8 Å². The molecule has 5 rings (SSSR count). The minimum absolute atomic E-state index is 0.0921. The van der Waals surface area contributed by atoms with Gasteiger partial charge in [0.25, 0.3) is 11.8 Å². The Labute approximate surface area is 161 Å². The second kappa shape index (κ2) is 6.83. The number of pyridine rings is 1. The molecule has 8 heteroatoms. The van der Waals surface area contributed by atoms with E-state index in [2.05, 4.69) is 15.6 Å². The molecule has 27 heavy (non-hydrogen) atoms. The maximum absolute atomic E-state index is 12.6. The first-order valence-electron chi connectivity index (χ1n) is 9.51. The summed E-state index contributed by atoms with van der Waals surface area (Å²) < 4.78 is 5.69. The Morgan fingerprint density at radius 2 is 2.11 bits per heavy atom. The van der Waals surface area contributed by atoms with Crippen LogP contribution in [0.5, 0.6) is 0 Å². The molecule has 2 amide bonds. The predicted molar refractivity (Wildman–Crippen MR) is 103 cm³/mol. The lowest BCUT2D eigenvalue weighted by molar-refractivity contribution is 0.0742. The van der Waals surface area contributed by atoms with Crippen LogP contribution < -0.4 is 10.6 Å². The monoisotopic (exact) mass is 386 g/mol. The normalized spacial score (nSPS) is 27.3. The molecule has 142 valence electrons. The number of nitrogens with zero attached hydrogens (tertiary/aromatic N) is 2. The standard InChI is InChI=1S/C19H22N4O3S/c24-18(22-14-9-12-1-2-13(14)21-12)15-7-11-8-16(26-17(11)10-20-15)19(25)23-3-5-27-6-4-23/h7-8,10,12-14,21H,1-6,9H2,(H,22,24)/t12-,13+,14-/m1/s1. The van der Waals surface area contributed by atoms with Crippen molar-refractivity contribution in [3.8, 4) is 0 Å². The number of fused-ring (bicyclic) bond motifs is 3. The number of hydrogen-bond acceptors (Lipinski definition) is 6. The van der Waals surface area contributed by atoms with E-state index in [1.807, 2.05) is 16.7 Å². The Hall–Kier alpha value is -2.06. The second-order valence-electron chi connectivity index (χ2n) is 7.49. The molecule has 3 atom stereocenters. The minimum atomic E-state index is -0.168. The molecule has 3 saturated heterocycles. The third-order valence-corrected chi connectivity index (χ3v) is 6.70. The molecule has 2 bridgehead atoms. The summed E-state index contributed by atoms with van der Waals surface area (Å²) in [4.78, 5) is 31.3. The number of hydrogen-bond donors (Lipinski definition) is 2. The first-order chi connectivity index (χ1) is 13.2. The first-order valence-corrected chi connectivity index (χ1v) is 10.7. The summed E-state index contributed by atoms with van der Waals surface area (Å²) in [5, 5.41) is 7.35. The molecule has 2 aromatic rings. The summed E-state index contributed by atoms with van der Waals surface area (Å²) in [6.07, 6.45) is 4.83. The fourth-order valence-electron chi connectivity index (χ4n) is 4.32. The van der Waals surface area contributed by atoms with Crippen LogP contribution in [-0.2, 0) is 0 Å². The van der Waals surface area contributed by atoms with E-state index in [1.165, 1.54) is 12.6 Å². The van der Waals surface area contributed by atoms with Gasteiger partial charge in [0.05, 0.1) is 6.20 Å².